The lowest BCUT2D eigenvalue weighted by molar-refractivity contribution is -0.119. The minimum absolute atomic E-state index is 0.0276. The number of amides is 4. The number of ketones is 1. The maximum atomic E-state index is 12.8. The molecule has 1 fully saturated rings. The van der Waals surface area contributed by atoms with Gasteiger partial charge in [0, 0.05) is 12.0 Å². The van der Waals surface area contributed by atoms with Gasteiger partial charge < -0.3 is 10.6 Å². The van der Waals surface area contributed by atoms with Gasteiger partial charge in [0.25, 0.3) is 5.91 Å². The molecule has 1 saturated heterocycles. The molecule has 152 valence electrons. The minimum Gasteiger partial charge on any atom is -0.326 e. The molecular formula is C23H21N3O4. The largest absolute Gasteiger partial charge is 0.329 e. The summed E-state index contributed by atoms with van der Waals surface area (Å²) in [6.07, 6.45) is 0.945. The molecule has 2 N–H and O–H groups in total. The van der Waals surface area contributed by atoms with Gasteiger partial charge in [-0.25, -0.2) is 9.69 Å². The summed E-state index contributed by atoms with van der Waals surface area (Å²) in [5.74, 6) is -0.789. The van der Waals surface area contributed by atoms with Gasteiger partial charge in [-0.1, -0.05) is 42.5 Å². The second-order valence-corrected chi connectivity index (χ2v) is 7.33. The van der Waals surface area contributed by atoms with Crippen LogP contribution in [0.1, 0.15) is 31.7 Å². The zero-order chi connectivity index (χ0) is 21.3. The van der Waals surface area contributed by atoms with Crippen LogP contribution in [0.5, 0.6) is 0 Å². The Labute approximate surface area is 173 Å². The van der Waals surface area contributed by atoms with Gasteiger partial charge in [0.15, 0.2) is 5.78 Å². The molecule has 2 aromatic rings. The summed E-state index contributed by atoms with van der Waals surface area (Å²) < 4.78 is 0. The van der Waals surface area contributed by atoms with Crippen LogP contribution in [0.15, 0.2) is 60.2 Å². The zero-order valence-electron chi connectivity index (χ0n) is 16.5. The van der Waals surface area contributed by atoms with Crippen molar-refractivity contribution >= 4 is 40.6 Å². The van der Waals surface area contributed by atoms with E-state index in [2.05, 4.69) is 10.6 Å². The first-order valence-electron chi connectivity index (χ1n) is 9.79. The number of rotatable bonds is 5. The summed E-state index contributed by atoms with van der Waals surface area (Å²) in [4.78, 5) is 50.7. The standard InChI is InChI=1S/C23H21N3O4/c1-14-22(29)26(23(30)24-14)19-10-6-5-9-18(19)25-21(28)13-17-16(11-12-20(17)27)15-7-3-2-4-8-15/h2-10,14H,11-13H2,1H3,(H,24,30)(H,25,28). The van der Waals surface area contributed by atoms with Crippen LogP contribution in [-0.2, 0) is 14.4 Å². The van der Waals surface area contributed by atoms with Crippen molar-refractivity contribution < 1.29 is 19.2 Å². The molecule has 0 aromatic heterocycles. The van der Waals surface area contributed by atoms with Crippen molar-refractivity contribution in [2.45, 2.75) is 32.2 Å². The first-order valence-corrected chi connectivity index (χ1v) is 9.79. The number of allylic oxidation sites excluding steroid dienone is 1. The number of urea groups is 1. The topological polar surface area (TPSA) is 95.6 Å². The number of imide groups is 1. The van der Waals surface area contributed by atoms with E-state index in [9.17, 15) is 19.2 Å². The number of hydrogen-bond acceptors (Lipinski definition) is 4. The molecule has 1 aliphatic carbocycles. The van der Waals surface area contributed by atoms with E-state index in [1.807, 2.05) is 30.3 Å². The van der Waals surface area contributed by atoms with E-state index in [0.717, 1.165) is 16.0 Å². The Hall–Kier alpha value is -3.74. The molecule has 0 spiro atoms. The Morgan fingerprint density at radius 1 is 1.03 bits per heavy atom. The number of Topliss-reactive ketones (excluding diaryl/α,β-unsaturated/α-hetero) is 1. The number of nitrogens with one attached hydrogen (secondary N) is 2. The quantitative estimate of drug-likeness (QED) is 0.749. The monoisotopic (exact) mass is 403 g/mol. The number of anilines is 2. The van der Waals surface area contributed by atoms with Crippen molar-refractivity contribution in [3.05, 3.63) is 65.7 Å². The molecule has 0 saturated carbocycles. The smallest absolute Gasteiger partial charge is 0.326 e. The Morgan fingerprint density at radius 2 is 1.73 bits per heavy atom. The van der Waals surface area contributed by atoms with Gasteiger partial charge in [-0.05, 0) is 36.6 Å². The fourth-order valence-electron chi connectivity index (χ4n) is 3.83. The molecule has 7 heteroatoms. The SMILES string of the molecule is CC1NC(=O)N(c2ccccc2NC(=O)CC2=C(c3ccccc3)CCC2=O)C1=O. The summed E-state index contributed by atoms with van der Waals surface area (Å²) in [6.45, 7) is 1.60. The third kappa shape index (κ3) is 3.61. The second kappa shape index (κ2) is 7.94. The predicted molar refractivity (Wildman–Crippen MR) is 113 cm³/mol. The van der Waals surface area contributed by atoms with Gasteiger partial charge in [-0.15, -0.1) is 0 Å². The van der Waals surface area contributed by atoms with Crippen LogP contribution < -0.4 is 15.5 Å². The number of benzene rings is 2. The normalized spacial score (nSPS) is 18.8. The van der Waals surface area contributed by atoms with Gasteiger partial charge >= 0.3 is 6.03 Å². The Kier molecular flexibility index (Phi) is 5.18. The maximum absolute atomic E-state index is 12.8. The molecule has 1 unspecified atom stereocenters. The lowest BCUT2D eigenvalue weighted by atomic mass is 10.00. The van der Waals surface area contributed by atoms with Gasteiger partial charge in [0.1, 0.15) is 6.04 Å². The summed E-state index contributed by atoms with van der Waals surface area (Å²) in [6, 6.07) is 15.0. The first-order chi connectivity index (χ1) is 14.5. The molecule has 1 atom stereocenters. The lowest BCUT2D eigenvalue weighted by Gasteiger charge is -2.18. The number of para-hydroxylation sites is 2. The van der Waals surface area contributed by atoms with Crippen molar-refractivity contribution in [2.75, 3.05) is 10.2 Å². The molecule has 0 bridgehead atoms. The molecule has 1 aliphatic heterocycles. The molecule has 7 nitrogen and oxygen atoms in total. The summed E-state index contributed by atoms with van der Waals surface area (Å²) in [5, 5.41) is 5.32. The molecule has 0 radical (unpaired) electrons. The minimum atomic E-state index is -0.629. The molecule has 30 heavy (non-hydrogen) atoms. The average molecular weight is 403 g/mol. The average Bonchev–Trinajstić information content (AvgIpc) is 3.22. The highest BCUT2D eigenvalue weighted by molar-refractivity contribution is 6.23. The number of nitrogens with zero attached hydrogens (tertiary/aromatic N) is 1. The van der Waals surface area contributed by atoms with Gasteiger partial charge in [0.05, 0.1) is 17.8 Å². The summed E-state index contributed by atoms with van der Waals surface area (Å²) in [7, 11) is 0. The van der Waals surface area contributed by atoms with Crippen LogP contribution in [0.2, 0.25) is 0 Å². The second-order valence-electron chi connectivity index (χ2n) is 7.33. The van der Waals surface area contributed by atoms with E-state index in [1.165, 1.54) is 0 Å². The highest BCUT2D eigenvalue weighted by atomic mass is 16.2. The molecule has 2 aromatic carbocycles. The Morgan fingerprint density at radius 3 is 2.43 bits per heavy atom. The summed E-state index contributed by atoms with van der Waals surface area (Å²) >= 11 is 0. The molecular weight excluding hydrogens is 382 g/mol. The highest BCUT2D eigenvalue weighted by Crippen LogP contribution is 2.34. The fraction of sp³-hybridized carbons (Fsp3) is 0.217. The Bertz CT molecular complexity index is 1070. The van der Waals surface area contributed by atoms with E-state index in [0.29, 0.717) is 29.8 Å². The maximum Gasteiger partial charge on any atom is 0.329 e. The molecule has 4 rings (SSSR count). The van der Waals surface area contributed by atoms with Crippen LogP contribution in [0.3, 0.4) is 0 Å². The first kappa shape index (κ1) is 19.6. The number of hydrogen-bond donors (Lipinski definition) is 2. The van der Waals surface area contributed by atoms with Crippen molar-refractivity contribution in [3.63, 3.8) is 0 Å². The lowest BCUT2D eigenvalue weighted by Crippen LogP contribution is -2.32. The van der Waals surface area contributed by atoms with Crippen LogP contribution in [0.4, 0.5) is 16.2 Å². The van der Waals surface area contributed by atoms with E-state index in [-0.39, 0.29) is 24.0 Å². The van der Waals surface area contributed by atoms with Crippen molar-refractivity contribution in [2.24, 2.45) is 0 Å². The third-order valence-electron chi connectivity index (χ3n) is 5.32. The number of carbonyl (C=O) groups excluding carboxylic acids is 4. The van der Waals surface area contributed by atoms with Crippen molar-refractivity contribution in [3.8, 4) is 0 Å². The van der Waals surface area contributed by atoms with Crippen LogP contribution >= 0.6 is 0 Å². The van der Waals surface area contributed by atoms with Gasteiger partial charge in [-0.2, -0.15) is 0 Å². The van der Waals surface area contributed by atoms with Crippen molar-refractivity contribution in [1.82, 2.24) is 5.32 Å². The van der Waals surface area contributed by atoms with E-state index < -0.39 is 12.1 Å². The van der Waals surface area contributed by atoms with Crippen LogP contribution in [0, 0.1) is 0 Å². The number of carbonyl (C=O) groups is 4. The molecule has 4 amide bonds. The van der Waals surface area contributed by atoms with Gasteiger partial charge in [0.2, 0.25) is 5.91 Å². The third-order valence-corrected chi connectivity index (χ3v) is 5.32. The predicted octanol–water partition coefficient (Wildman–Crippen LogP) is 3.28. The highest BCUT2D eigenvalue weighted by Gasteiger charge is 2.37. The summed E-state index contributed by atoms with van der Waals surface area (Å²) in [5.41, 5.74) is 2.99. The van der Waals surface area contributed by atoms with E-state index in [4.69, 9.17) is 0 Å². The van der Waals surface area contributed by atoms with Crippen LogP contribution in [0.25, 0.3) is 5.57 Å². The van der Waals surface area contributed by atoms with Gasteiger partial charge in [-0.3, -0.25) is 14.4 Å². The van der Waals surface area contributed by atoms with Crippen molar-refractivity contribution in [1.29, 1.82) is 0 Å². The molecule has 1 heterocycles. The Balaban J connectivity index is 1.58. The van der Waals surface area contributed by atoms with Crippen LogP contribution in [-0.4, -0.2) is 29.7 Å². The van der Waals surface area contributed by atoms with E-state index >= 15 is 0 Å². The fourth-order valence-corrected chi connectivity index (χ4v) is 3.83. The zero-order valence-corrected chi connectivity index (χ0v) is 16.5. The molecule has 2 aliphatic rings. The van der Waals surface area contributed by atoms with E-state index in [1.54, 1.807) is 31.2 Å².